The first-order chi connectivity index (χ1) is 8.95. The van der Waals surface area contributed by atoms with Gasteiger partial charge in [-0.2, -0.15) is 0 Å². The number of amides is 2. The van der Waals surface area contributed by atoms with Crippen molar-refractivity contribution in [1.82, 2.24) is 9.80 Å². The Hall–Kier alpha value is -1.79. The van der Waals surface area contributed by atoms with Crippen molar-refractivity contribution in [1.29, 1.82) is 0 Å². The van der Waals surface area contributed by atoms with E-state index in [1.807, 2.05) is 0 Å². The van der Waals surface area contributed by atoms with E-state index in [0.717, 1.165) is 0 Å². The van der Waals surface area contributed by atoms with Crippen LogP contribution in [0.5, 0.6) is 0 Å². The number of rotatable bonds is 2. The average Bonchev–Trinajstić information content (AvgIpc) is 2.21. The van der Waals surface area contributed by atoms with Crippen LogP contribution in [0.3, 0.4) is 0 Å². The molecule has 2 amide bonds. The quantitative estimate of drug-likeness (QED) is 0.816. The fraction of sp³-hybridized carbons (Fsp3) is 0.769. The number of ether oxygens (including phenoxy) is 1. The summed E-state index contributed by atoms with van der Waals surface area (Å²) in [4.78, 5) is 37.7. The SMILES string of the molecule is CC(C)(C)OC(=O)N1CCN(CC(=O)O)C(=O)C1(C)C. The van der Waals surface area contributed by atoms with E-state index in [0.29, 0.717) is 0 Å². The largest absolute Gasteiger partial charge is 0.480 e. The van der Waals surface area contributed by atoms with Gasteiger partial charge in [0.1, 0.15) is 17.7 Å². The Morgan fingerprint density at radius 1 is 1.30 bits per heavy atom. The molecule has 1 heterocycles. The molecule has 114 valence electrons. The van der Waals surface area contributed by atoms with Gasteiger partial charge in [-0.25, -0.2) is 4.79 Å². The number of hydrogen-bond donors (Lipinski definition) is 1. The minimum Gasteiger partial charge on any atom is -0.480 e. The summed E-state index contributed by atoms with van der Waals surface area (Å²) in [6, 6.07) is 0. The second-order valence-corrected chi connectivity index (χ2v) is 6.31. The van der Waals surface area contributed by atoms with Gasteiger partial charge in [0.2, 0.25) is 5.91 Å². The van der Waals surface area contributed by atoms with Crippen molar-refractivity contribution in [2.75, 3.05) is 19.6 Å². The zero-order valence-corrected chi connectivity index (χ0v) is 12.6. The fourth-order valence-corrected chi connectivity index (χ4v) is 2.05. The molecule has 0 bridgehead atoms. The number of piperazine rings is 1. The molecule has 0 aromatic carbocycles. The van der Waals surface area contributed by atoms with Crippen LogP contribution in [0.1, 0.15) is 34.6 Å². The zero-order valence-electron chi connectivity index (χ0n) is 12.6. The van der Waals surface area contributed by atoms with Crippen LogP contribution < -0.4 is 0 Å². The van der Waals surface area contributed by atoms with Gasteiger partial charge >= 0.3 is 12.1 Å². The summed E-state index contributed by atoms with van der Waals surface area (Å²) in [5.74, 6) is -1.46. The molecule has 1 N–H and O–H groups in total. The lowest BCUT2D eigenvalue weighted by molar-refractivity contribution is -0.154. The lowest BCUT2D eigenvalue weighted by Crippen LogP contribution is -2.65. The third-order valence-corrected chi connectivity index (χ3v) is 3.02. The molecule has 1 aliphatic rings. The van der Waals surface area contributed by atoms with Gasteiger partial charge in [-0.15, -0.1) is 0 Å². The Kier molecular flexibility index (Phi) is 4.31. The van der Waals surface area contributed by atoms with Crippen LogP contribution in [0, 0.1) is 0 Å². The summed E-state index contributed by atoms with van der Waals surface area (Å²) in [5, 5.41) is 8.78. The van der Waals surface area contributed by atoms with E-state index in [-0.39, 0.29) is 19.6 Å². The highest BCUT2D eigenvalue weighted by atomic mass is 16.6. The standard InChI is InChI=1S/C13H22N2O5/c1-12(2,3)20-11(19)15-7-6-14(8-9(16)17)10(18)13(15,4)5/h6-8H2,1-5H3,(H,16,17). The summed E-state index contributed by atoms with van der Waals surface area (Å²) >= 11 is 0. The maximum absolute atomic E-state index is 12.3. The van der Waals surface area contributed by atoms with Gasteiger partial charge in [0, 0.05) is 13.1 Å². The second kappa shape index (κ2) is 5.30. The molecule has 0 aromatic rings. The van der Waals surface area contributed by atoms with Crippen LogP contribution in [0.2, 0.25) is 0 Å². The van der Waals surface area contributed by atoms with E-state index in [1.165, 1.54) is 9.80 Å². The van der Waals surface area contributed by atoms with Gasteiger partial charge in [0.15, 0.2) is 0 Å². The molecule has 0 spiro atoms. The highest BCUT2D eigenvalue weighted by Gasteiger charge is 2.45. The van der Waals surface area contributed by atoms with Crippen LogP contribution >= 0.6 is 0 Å². The number of hydrogen-bond acceptors (Lipinski definition) is 4. The van der Waals surface area contributed by atoms with Crippen molar-refractivity contribution in [2.45, 2.75) is 45.8 Å². The molecule has 20 heavy (non-hydrogen) atoms. The number of carboxylic acid groups (broad SMARTS) is 1. The van der Waals surface area contributed by atoms with Gasteiger partial charge in [-0.1, -0.05) is 0 Å². The maximum atomic E-state index is 12.3. The molecule has 7 heteroatoms. The van der Waals surface area contributed by atoms with E-state index in [4.69, 9.17) is 9.84 Å². The van der Waals surface area contributed by atoms with Gasteiger partial charge in [0.25, 0.3) is 0 Å². The monoisotopic (exact) mass is 286 g/mol. The van der Waals surface area contributed by atoms with Crippen molar-refractivity contribution >= 4 is 18.0 Å². The average molecular weight is 286 g/mol. The van der Waals surface area contributed by atoms with Crippen molar-refractivity contribution in [3.63, 3.8) is 0 Å². The highest BCUT2D eigenvalue weighted by Crippen LogP contribution is 2.24. The summed E-state index contributed by atoms with van der Waals surface area (Å²) in [6.45, 7) is 8.51. The van der Waals surface area contributed by atoms with Gasteiger partial charge < -0.3 is 14.7 Å². The highest BCUT2D eigenvalue weighted by molar-refractivity contribution is 5.92. The summed E-state index contributed by atoms with van der Waals surface area (Å²) < 4.78 is 5.28. The molecule has 0 unspecified atom stereocenters. The topological polar surface area (TPSA) is 87.2 Å². The Bertz CT molecular complexity index is 425. The molecule has 7 nitrogen and oxygen atoms in total. The van der Waals surface area contributed by atoms with Crippen molar-refractivity contribution in [3.05, 3.63) is 0 Å². The minimum atomic E-state index is -1.12. The van der Waals surface area contributed by atoms with Gasteiger partial charge in [-0.05, 0) is 34.6 Å². The first kappa shape index (κ1) is 16.3. The fourth-order valence-electron chi connectivity index (χ4n) is 2.05. The normalized spacial score (nSPS) is 18.9. The molecule has 1 rings (SSSR count). The predicted molar refractivity (Wildman–Crippen MR) is 71.2 cm³/mol. The molecule has 0 saturated carbocycles. The molecule has 1 aliphatic heterocycles. The van der Waals surface area contributed by atoms with E-state index >= 15 is 0 Å². The molecular formula is C13H22N2O5. The molecule has 1 saturated heterocycles. The summed E-state index contributed by atoms with van der Waals surface area (Å²) in [7, 11) is 0. The first-order valence-corrected chi connectivity index (χ1v) is 6.47. The Balaban J connectivity index is 2.86. The van der Waals surface area contributed by atoms with Crippen LogP contribution in [0.25, 0.3) is 0 Å². The molecule has 0 aromatic heterocycles. The third kappa shape index (κ3) is 3.61. The molecule has 0 aliphatic carbocycles. The summed E-state index contributed by atoms with van der Waals surface area (Å²) in [6.07, 6.45) is -0.564. The van der Waals surface area contributed by atoms with Crippen molar-refractivity contribution < 1.29 is 24.2 Å². The lowest BCUT2D eigenvalue weighted by atomic mass is 9.98. The second-order valence-electron chi connectivity index (χ2n) is 6.31. The summed E-state index contributed by atoms with van der Waals surface area (Å²) in [5.41, 5.74) is -1.76. The number of aliphatic carboxylic acids is 1. The Labute approximate surface area is 118 Å². The molecule has 0 atom stereocenters. The maximum Gasteiger partial charge on any atom is 0.411 e. The molecule has 1 fully saturated rings. The molecular weight excluding hydrogens is 264 g/mol. The van der Waals surface area contributed by atoms with Crippen molar-refractivity contribution in [2.24, 2.45) is 0 Å². The lowest BCUT2D eigenvalue weighted by Gasteiger charge is -2.45. The number of carboxylic acids is 1. The van der Waals surface area contributed by atoms with Crippen LogP contribution in [0.15, 0.2) is 0 Å². The van der Waals surface area contributed by atoms with Gasteiger partial charge in [-0.3, -0.25) is 14.5 Å². The minimum absolute atomic E-state index is 0.188. The Morgan fingerprint density at radius 3 is 2.30 bits per heavy atom. The molecule has 0 radical (unpaired) electrons. The van der Waals surface area contributed by atoms with E-state index < -0.39 is 29.1 Å². The first-order valence-electron chi connectivity index (χ1n) is 6.47. The van der Waals surface area contributed by atoms with Crippen LogP contribution in [-0.2, 0) is 14.3 Å². The van der Waals surface area contributed by atoms with E-state index in [2.05, 4.69) is 0 Å². The van der Waals surface area contributed by atoms with E-state index in [9.17, 15) is 14.4 Å². The number of carbonyl (C=O) groups excluding carboxylic acids is 2. The zero-order chi connectivity index (χ0) is 15.7. The number of carbonyl (C=O) groups is 3. The predicted octanol–water partition coefficient (Wildman–Crippen LogP) is 0.929. The van der Waals surface area contributed by atoms with E-state index in [1.54, 1.807) is 34.6 Å². The van der Waals surface area contributed by atoms with Crippen molar-refractivity contribution in [3.8, 4) is 0 Å². The third-order valence-electron chi connectivity index (χ3n) is 3.02. The van der Waals surface area contributed by atoms with Crippen LogP contribution in [-0.4, -0.2) is 63.7 Å². The smallest absolute Gasteiger partial charge is 0.411 e. The number of nitrogens with zero attached hydrogens (tertiary/aromatic N) is 2. The van der Waals surface area contributed by atoms with Crippen LogP contribution in [0.4, 0.5) is 4.79 Å². The van der Waals surface area contributed by atoms with Gasteiger partial charge in [0.05, 0.1) is 0 Å². The Morgan fingerprint density at radius 2 is 1.85 bits per heavy atom.